The van der Waals surface area contributed by atoms with Crippen molar-refractivity contribution < 1.29 is 14.0 Å². The molecule has 0 saturated heterocycles. The van der Waals surface area contributed by atoms with Gasteiger partial charge in [0.1, 0.15) is 16.3 Å². The van der Waals surface area contributed by atoms with E-state index in [0.717, 1.165) is 10.1 Å². The number of hydrogen-bond acceptors (Lipinski definition) is 5. The van der Waals surface area contributed by atoms with Crippen LogP contribution in [0.5, 0.6) is 5.75 Å². The summed E-state index contributed by atoms with van der Waals surface area (Å²) in [5.74, 6) is 0.249. The van der Waals surface area contributed by atoms with Crippen LogP contribution < -0.4 is 10.2 Å². The van der Waals surface area contributed by atoms with Gasteiger partial charge in [0.2, 0.25) is 0 Å². The summed E-state index contributed by atoms with van der Waals surface area (Å²) in [4.78, 5) is 12.4. The van der Waals surface area contributed by atoms with Gasteiger partial charge in [0.05, 0.1) is 16.3 Å². The molecule has 0 aliphatic heterocycles. The van der Waals surface area contributed by atoms with Crippen LogP contribution in [0.3, 0.4) is 0 Å². The Kier molecular flexibility index (Phi) is 6.87. The van der Waals surface area contributed by atoms with E-state index in [4.69, 9.17) is 26.5 Å². The van der Waals surface area contributed by atoms with E-state index in [0.29, 0.717) is 44.6 Å². The maximum Gasteiger partial charge on any atom is 0.341 e. The molecule has 0 radical (unpaired) electrons. The van der Waals surface area contributed by atoms with Crippen molar-refractivity contribution in [2.24, 2.45) is 0 Å². The number of anilines is 1. The molecule has 1 aromatic carbocycles. The quantitative estimate of drug-likeness (QED) is 0.386. The van der Waals surface area contributed by atoms with Crippen LogP contribution >= 0.6 is 22.9 Å². The summed E-state index contributed by atoms with van der Waals surface area (Å²) in [6, 6.07) is 3.61. The van der Waals surface area contributed by atoms with E-state index in [1.165, 1.54) is 11.3 Å². The predicted octanol–water partition coefficient (Wildman–Crippen LogP) is 6.87. The van der Waals surface area contributed by atoms with Gasteiger partial charge in [-0.15, -0.1) is 11.3 Å². The SMILES string of the molecule is CCOC(=O)c1c(N)sc2c(O[Si](C(C)C)(C(C)C)C(C)C)c(Cl)ccc12. The van der Waals surface area contributed by atoms with Crippen molar-refractivity contribution in [3.05, 3.63) is 22.7 Å². The minimum atomic E-state index is -2.20. The summed E-state index contributed by atoms with van der Waals surface area (Å²) in [6.07, 6.45) is 0. The van der Waals surface area contributed by atoms with Crippen molar-refractivity contribution in [1.82, 2.24) is 0 Å². The Labute approximate surface area is 172 Å². The number of carbonyl (C=O) groups excluding carboxylic acids is 1. The maximum absolute atomic E-state index is 12.4. The van der Waals surface area contributed by atoms with Gasteiger partial charge in [0.15, 0.2) is 0 Å². The molecule has 2 aromatic rings. The standard InChI is InChI=1S/C20H30ClNO3SSi/c1-8-24-20(23)16-14-9-10-15(21)17(18(14)26-19(16)22)25-27(11(2)3,12(4)5)13(6)7/h9-13H,8,22H2,1-7H3. The first-order valence-electron chi connectivity index (χ1n) is 9.44. The van der Waals surface area contributed by atoms with Crippen LogP contribution in [-0.2, 0) is 4.74 Å². The van der Waals surface area contributed by atoms with Crippen LogP contribution in [0.1, 0.15) is 58.8 Å². The highest BCUT2D eigenvalue weighted by atomic mass is 35.5. The molecule has 2 N–H and O–H groups in total. The molecule has 0 saturated carbocycles. The number of hydrogen-bond donors (Lipinski definition) is 1. The smallest absolute Gasteiger partial charge is 0.341 e. The Balaban J connectivity index is 2.70. The van der Waals surface area contributed by atoms with Gasteiger partial charge >= 0.3 is 5.97 Å². The lowest BCUT2D eigenvalue weighted by Crippen LogP contribution is -2.50. The Morgan fingerprint density at radius 2 is 1.70 bits per heavy atom. The summed E-state index contributed by atoms with van der Waals surface area (Å²) >= 11 is 7.91. The third kappa shape index (κ3) is 3.84. The van der Waals surface area contributed by atoms with Crippen LogP contribution in [0.4, 0.5) is 5.00 Å². The van der Waals surface area contributed by atoms with Crippen LogP contribution in [0.2, 0.25) is 21.6 Å². The van der Waals surface area contributed by atoms with Crippen molar-refractivity contribution in [1.29, 1.82) is 0 Å². The van der Waals surface area contributed by atoms with Gasteiger partial charge in [-0.25, -0.2) is 4.79 Å². The van der Waals surface area contributed by atoms with Gasteiger partial charge in [0.25, 0.3) is 8.32 Å². The highest BCUT2D eigenvalue weighted by molar-refractivity contribution is 7.23. The molecule has 0 bridgehead atoms. The van der Waals surface area contributed by atoms with E-state index in [1.54, 1.807) is 13.0 Å². The van der Waals surface area contributed by atoms with Crippen LogP contribution in [0.25, 0.3) is 10.1 Å². The second-order valence-corrected chi connectivity index (χ2v) is 14.6. The third-order valence-corrected chi connectivity index (χ3v) is 12.6. The lowest BCUT2D eigenvalue weighted by atomic mass is 10.1. The van der Waals surface area contributed by atoms with Gasteiger partial charge in [-0.1, -0.05) is 59.2 Å². The number of halogens is 1. The minimum absolute atomic E-state index is 0.302. The normalized spacial score (nSPS) is 12.4. The summed E-state index contributed by atoms with van der Waals surface area (Å²) < 4.78 is 12.9. The molecule has 0 aliphatic rings. The Morgan fingerprint density at radius 1 is 1.15 bits per heavy atom. The minimum Gasteiger partial charge on any atom is -0.541 e. The topological polar surface area (TPSA) is 61.5 Å². The zero-order valence-corrected chi connectivity index (χ0v) is 19.8. The summed E-state index contributed by atoms with van der Waals surface area (Å²) in [5.41, 5.74) is 7.81. The molecule has 7 heteroatoms. The van der Waals surface area contributed by atoms with E-state index in [9.17, 15) is 4.79 Å². The molecular formula is C20H30ClNO3SSi. The zero-order valence-electron chi connectivity index (χ0n) is 17.2. The fourth-order valence-electron chi connectivity index (χ4n) is 4.17. The number of carbonyl (C=O) groups is 1. The van der Waals surface area contributed by atoms with Gasteiger partial charge < -0.3 is 14.9 Å². The molecule has 1 aromatic heterocycles. The summed E-state index contributed by atoms with van der Waals surface area (Å²) in [6.45, 7) is 15.5. The number of ether oxygens (including phenoxy) is 1. The molecule has 2 rings (SSSR count). The van der Waals surface area contributed by atoms with E-state index < -0.39 is 14.3 Å². The van der Waals surface area contributed by atoms with Crippen LogP contribution in [-0.4, -0.2) is 20.9 Å². The van der Waals surface area contributed by atoms with E-state index in [-0.39, 0.29) is 0 Å². The molecule has 0 spiro atoms. The third-order valence-electron chi connectivity index (χ3n) is 5.26. The first kappa shape index (κ1) is 22.1. The van der Waals surface area contributed by atoms with E-state index in [2.05, 4.69) is 41.5 Å². The van der Waals surface area contributed by atoms with Crippen molar-refractivity contribution in [3.63, 3.8) is 0 Å². The lowest BCUT2D eigenvalue weighted by molar-refractivity contribution is 0.0530. The first-order valence-corrected chi connectivity index (χ1v) is 12.8. The molecule has 1 heterocycles. The largest absolute Gasteiger partial charge is 0.541 e. The average molecular weight is 428 g/mol. The predicted molar refractivity (Wildman–Crippen MR) is 119 cm³/mol. The van der Waals surface area contributed by atoms with Crippen LogP contribution in [0.15, 0.2) is 12.1 Å². The summed E-state index contributed by atoms with van der Waals surface area (Å²) in [7, 11) is -2.20. The summed E-state index contributed by atoms with van der Waals surface area (Å²) in [5, 5.41) is 1.73. The number of fused-ring (bicyclic) bond motifs is 1. The highest BCUT2D eigenvalue weighted by Crippen LogP contribution is 2.49. The molecule has 0 aliphatic carbocycles. The van der Waals surface area contributed by atoms with Crippen LogP contribution in [0, 0.1) is 0 Å². The number of benzene rings is 1. The molecule has 0 fully saturated rings. The monoisotopic (exact) mass is 427 g/mol. The Morgan fingerprint density at radius 3 is 2.19 bits per heavy atom. The highest BCUT2D eigenvalue weighted by Gasteiger charge is 2.47. The van der Waals surface area contributed by atoms with E-state index >= 15 is 0 Å². The maximum atomic E-state index is 12.4. The van der Waals surface area contributed by atoms with Crippen molar-refractivity contribution >= 4 is 52.3 Å². The van der Waals surface area contributed by atoms with Gasteiger partial charge in [-0.3, -0.25) is 0 Å². The number of thiophene rings is 1. The second kappa shape index (κ2) is 8.41. The Hall–Kier alpha value is -1.24. The lowest BCUT2D eigenvalue weighted by Gasteiger charge is -2.42. The number of esters is 1. The molecule has 27 heavy (non-hydrogen) atoms. The first-order chi connectivity index (χ1) is 12.6. The van der Waals surface area contributed by atoms with Crippen molar-refractivity contribution in [2.75, 3.05) is 12.3 Å². The number of rotatable bonds is 7. The van der Waals surface area contributed by atoms with Crippen molar-refractivity contribution in [3.8, 4) is 5.75 Å². The van der Waals surface area contributed by atoms with Crippen molar-refractivity contribution in [2.45, 2.75) is 65.1 Å². The molecule has 0 atom stereocenters. The molecule has 0 unspecified atom stereocenters. The zero-order chi connectivity index (χ0) is 20.5. The fourth-order valence-corrected chi connectivity index (χ4v) is 10.9. The molecular weight excluding hydrogens is 398 g/mol. The fraction of sp³-hybridized carbons (Fsp3) is 0.550. The second-order valence-electron chi connectivity index (χ2n) is 7.73. The number of nitrogen functional groups attached to an aromatic ring is 1. The van der Waals surface area contributed by atoms with E-state index in [1.807, 2.05) is 6.07 Å². The van der Waals surface area contributed by atoms with Gasteiger partial charge in [-0.2, -0.15) is 0 Å². The van der Waals surface area contributed by atoms with Gasteiger partial charge in [-0.05, 0) is 29.6 Å². The molecule has 150 valence electrons. The average Bonchev–Trinajstić information content (AvgIpc) is 2.89. The Bertz CT molecular complexity index is 810. The molecule has 4 nitrogen and oxygen atoms in total. The molecule has 0 amide bonds. The van der Waals surface area contributed by atoms with Gasteiger partial charge in [0, 0.05) is 5.39 Å². The number of nitrogens with two attached hydrogens (primary N) is 1.